The van der Waals surface area contributed by atoms with Crippen LogP contribution in [0.5, 0.6) is 0 Å². The largest absolute Gasteiger partial charge is 0.478 e. The van der Waals surface area contributed by atoms with Gasteiger partial charge in [-0.1, -0.05) is 0 Å². The average Bonchev–Trinajstić information content (AvgIpc) is 2.16. The van der Waals surface area contributed by atoms with Crippen molar-refractivity contribution in [2.45, 2.75) is 13.1 Å². The number of alkyl halides is 3. The summed E-state index contributed by atoms with van der Waals surface area (Å²) in [5.41, 5.74) is -0.852. The van der Waals surface area contributed by atoms with Crippen LogP contribution in [-0.4, -0.2) is 16.1 Å². The first-order valence-electron chi connectivity index (χ1n) is 4.24. The Morgan fingerprint density at radius 3 is 2.56 bits per heavy atom. The first-order valence-corrected chi connectivity index (χ1v) is 4.24. The van der Waals surface area contributed by atoms with E-state index in [0.29, 0.717) is 6.20 Å². The van der Waals surface area contributed by atoms with Gasteiger partial charge in [-0.2, -0.15) is 13.2 Å². The Kier molecular flexibility index (Phi) is 3.31. The number of carbonyl (C=O) groups is 1. The van der Waals surface area contributed by atoms with Crippen molar-refractivity contribution < 1.29 is 23.1 Å². The van der Waals surface area contributed by atoms with E-state index in [0.717, 1.165) is 12.1 Å². The second-order valence-electron chi connectivity index (χ2n) is 3.14. The van der Waals surface area contributed by atoms with Crippen LogP contribution in [0.25, 0.3) is 6.08 Å². The molecule has 1 N–H and O–H groups in total. The summed E-state index contributed by atoms with van der Waals surface area (Å²) in [5, 5.41) is 8.56. The molecule has 0 saturated heterocycles. The van der Waals surface area contributed by atoms with Crippen LogP contribution in [0.4, 0.5) is 13.2 Å². The molecule has 0 amide bonds. The molecule has 86 valence electrons. The summed E-state index contributed by atoms with van der Waals surface area (Å²) in [7, 11) is 0. The molecule has 0 fully saturated rings. The highest BCUT2D eigenvalue weighted by atomic mass is 19.4. The summed E-state index contributed by atoms with van der Waals surface area (Å²) >= 11 is 0. The molecule has 1 aromatic rings. The van der Waals surface area contributed by atoms with Crippen LogP contribution in [0.2, 0.25) is 0 Å². The number of hydrogen-bond donors (Lipinski definition) is 1. The van der Waals surface area contributed by atoms with Gasteiger partial charge >= 0.3 is 12.1 Å². The van der Waals surface area contributed by atoms with E-state index in [4.69, 9.17) is 5.11 Å². The van der Waals surface area contributed by atoms with Crippen molar-refractivity contribution in [3.05, 3.63) is 35.2 Å². The van der Waals surface area contributed by atoms with Gasteiger partial charge < -0.3 is 5.11 Å². The highest BCUT2D eigenvalue weighted by molar-refractivity contribution is 5.91. The Balaban J connectivity index is 3.09. The third kappa shape index (κ3) is 3.08. The van der Waals surface area contributed by atoms with Gasteiger partial charge in [-0.25, -0.2) is 4.79 Å². The molecule has 0 aromatic carbocycles. The topological polar surface area (TPSA) is 50.2 Å². The Morgan fingerprint density at radius 1 is 1.44 bits per heavy atom. The molecule has 0 unspecified atom stereocenters. The summed E-state index contributed by atoms with van der Waals surface area (Å²) in [4.78, 5) is 13.9. The lowest BCUT2D eigenvalue weighted by Gasteiger charge is -2.06. The standard InChI is InChI=1S/C10H8F3NO2/c1-6(9(15)16)2-7-3-8(5-14-4-7)10(11,12)13/h2-5H,1H3,(H,15,16). The van der Waals surface area contributed by atoms with Crippen LogP contribution in [0, 0.1) is 0 Å². The SMILES string of the molecule is CC(=Cc1cncc(C(F)(F)F)c1)C(=O)O. The first-order chi connectivity index (χ1) is 7.30. The number of nitrogens with zero attached hydrogens (tertiary/aromatic N) is 1. The van der Waals surface area contributed by atoms with Gasteiger partial charge in [0.05, 0.1) is 5.56 Å². The molecule has 0 aliphatic rings. The number of rotatable bonds is 2. The molecule has 0 atom stereocenters. The van der Waals surface area contributed by atoms with Crippen LogP contribution < -0.4 is 0 Å². The summed E-state index contributed by atoms with van der Waals surface area (Å²) in [6, 6.07) is 0.847. The normalized spacial score (nSPS) is 12.6. The van der Waals surface area contributed by atoms with Crippen LogP contribution in [0.1, 0.15) is 18.1 Å². The number of halogens is 3. The van der Waals surface area contributed by atoms with Gasteiger partial charge in [0, 0.05) is 18.0 Å². The zero-order valence-electron chi connectivity index (χ0n) is 8.25. The zero-order chi connectivity index (χ0) is 12.3. The third-order valence-corrected chi connectivity index (χ3v) is 1.81. The van der Waals surface area contributed by atoms with Crippen LogP contribution in [0.15, 0.2) is 24.0 Å². The van der Waals surface area contributed by atoms with Gasteiger partial charge in [0.1, 0.15) is 0 Å². The molecule has 0 aliphatic carbocycles. The monoisotopic (exact) mass is 231 g/mol. The number of hydrogen-bond acceptors (Lipinski definition) is 2. The first kappa shape index (κ1) is 12.2. The molecule has 0 saturated carbocycles. The Labute approximate surface area is 89.2 Å². The van der Waals surface area contributed by atoms with E-state index in [-0.39, 0.29) is 11.1 Å². The molecule has 1 heterocycles. The fourth-order valence-electron chi connectivity index (χ4n) is 1.00. The van der Waals surface area contributed by atoms with Gasteiger partial charge in [-0.05, 0) is 24.6 Å². The van der Waals surface area contributed by atoms with E-state index >= 15 is 0 Å². The van der Waals surface area contributed by atoms with Gasteiger partial charge in [-0.15, -0.1) is 0 Å². The van der Waals surface area contributed by atoms with Crippen molar-refractivity contribution in [2.75, 3.05) is 0 Å². The molecule has 3 nitrogen and oxygen atoms in total. The van der Waals surface area contributed by atoms with Gasteiger partial charge in [0.25, 0.3) is 0 Å². The third-order valence-electron chi connectivity index (χ3n) is 1.81. The summed E-state index contributed by atoms with van der Waals surface area (Å²) in [6.45, 7) is 1.29. The summed E-state index contributed by atoms with van der Waals surface area (Å²) in [6.07, 6.45) is -1.49. The lowest BCUT2D eigenvalue weighted by Crippen LogP contribution is -2.05. The molecular weight excluding hydrogens is 223 g/mol. The molecule has 16 heavy (non-hydrogen) atoms. The predicted octanol–water partition coefficient (Wildman–Crippen LogP) is 2.59. The van der Waals surface area contributed by atoms with Gasteiger partial charge in [-0.3, -0.25) is 4.98 Å². The molecular formula is C10H8F3NO2. The highest BCUT2D eigenvalue weighted by Crippen LogP contribution is 2.29. The van der Waals surface area contributed by atoms with Crippen LogP contribution in [-0.2, 0) is 11.0 Å². The number of carboxylic acids is 1. The maximum Gasteiger partial charge on any atom is 0.417 e. The number of pyridine rings is 1. The van der Waals surface area contributed by atoms with Crippen LogP contribution in [0.3, 0.4) is 0 Å². The molecule has 0 radical (unpaired) electrons. The highest BCUT2D eigenvalue weighted by Gasteiger charge is 2.30. The maximum absolute atomic E-state index is 12.3. The number of carboxylic acid groups (broad SMARTS) is 1. The van der Waals surface area contributed by atoms with Crippen LogP contribution >= 0.6 is 0 Å². The fourth-order valence-corrected chi connectivity index (χ4v) is 1.00. The lowest BCUT2D eigenvalue weighted by molar-refractivity contribution is -0.137. The van der Waals surface area contributed by atoms with Crippen molar-refractivity contribution in [2.24, 2.45) is 0 Å². The molecule has 1 rings (SSSR count). The van der Waals surface area contributed by atoms with E-state index in [9.17, 15) is 18.0 Å². The second kappa shape index (κ2) is 4.34. The Bertz CT molecular complexity index is 438. The Morgan fingerprint density at radius 2 is 2.06 bits per heavy atom. The number of aliphatic carboxylic acids is 1. The molecule has 6 heteroatoms. The Hall–Kier alpha value is -1.85. The van der Waals surface area contributed by atoms with E-state index < -0.39 is 17.7 Å². The van der Waals surface area contributed by atoms with Crippen molar-refractivity contribution in [3.63, 3.8) is 0 Å². The van der Waals surface area contributed by atoms with E-state index in [1.807, 2.05) is 0 Å². The minimum atomic E-state index is -4.48. The van der Waals surface area contributed by atoms with Crippen molar-refractivity contribution >= 4 is 12.0 Å². The van der Waals surface area contributed by atoms with Gasteiger partial charge in [0.2, 0.25) is 0 Å². The smallest absolute Gasteiger partial charge is 0.417 e. The molecule has 0 aliphatic heterocycles. The zero-order valence-corrected chi connectivity index (χ0v) is 8.25. The van der Waals surface area contributed by atoms with E-state index in [1.54, 1.807) is 0 Å². The second-order valence-corrected chi connectivity index (χ2v) is 3.14. The van der Waals surface area contributed by atoms with Gasteiger partial charge in [0.15, 0.2) is 0 Å². The van der Waals surface area contributed by atoms with E-state index in [2.05, 4.69) is 4.98 Å². The predicted molar refractivity (Wildman–Crippen MR) is 50.5 cm³/mol. The maximum atomic E-state index is 12.3. The van der Waals surface area contributed by atoms with E-state index in [1.165, 1.54) is 13.1 Å². The fraction of sp³-hybridized carbons (Fsp3) is 0.200. The lowest BCUT2D eigenvalue weighted by atomic mass is 10.1. The molecule has 0 spiro atoms. The minimum Gasteiger partial charge on any atom is -0.478 e. The molecule has 1 aromatic heterocycles. The molecule has 0 bridgehead atoms. The summed E-state index contributed by atoms with van der Waals surface area (Å²) in [5.74, 6) is -1.18. The van der Waals surface area contributed by atoms with Crippen molar-refractivity contribution in [1.29, 1.82) is 0 Å². The average molecular weight is 231 g/mol. The quantitative estimate of drug-likeness (QED) is 0.796. The number of aromatic nitrogens is 1. The summed E-state index contributed by atoms with van der Waals surface area (Å²) < 4.78 is 36.9. The van der Waals surface area contributed by atoms with Crippen molar-refractivity contribution in [3.8, 4) is 0 Å². The van der Waals surface area contributed by atoms with Crippen molar-refractivity contribution in [1.82, 2.24) is 4.98 Å². The minimum absolute atomic E-state index is 0.0545.